The van der Waals surface area contributed by atoms with E-state index in [9.17, 15) is 0 Å². The molecule has 1 saturated heterocycles. The Morgan fingerprint density at radius 2 is 2.32 bits per heavy atom. The highest BCUT2D eigenvalue weighted by Gasteiger charge is 2.18. The lowest BCUT2D eigenvalue weighted by molar-refractivity contribution is 0.249. The van der Waals surface area contributed by atoms with Crippen LogP contribution in [0, 0.1) is 0 Å². The van der Waals surface area contributed by atoms with Crippen molar-refractivity contribution in [1.29, 1.82) is 0 Å². The summed E-state index contributed by atoms with van der Waals surface area (Å²) in [6.07, 6.45) is 2.58. The predicted octanol–water partition coefficient (Wildman–Crippen LogP) is 2.92. The largest absolute Gasteiger partial charge is 0.496 e. The molecule has 2 rings (SSSR count). The van der Waals surface area contributed by atoms with Gasteiger partial charge in [-0.15, -0.1) is 0 Å². The van der Waals surface area contributed by atoms with Crippen molar-refractivity contribution >= 4 is 11.6 Å². The topological polar surface area (TPSA) is 24.5 Å². The molecule has 4 heteroatoms. The number of ether oxygens (including phenoxy) is 1. The number of nitrogens with zero attached hydrogens (tertiary/aromatic N) is 1. The quantitative estimate of drug-likeness (QED) is 0.868. The Hall–Kier alpha value is -0.770. The van der Waals surface area contributed by atoms with Gasteiger partial charge < -0.3 is 10.1 Å². The maximum atomic E-state index is 6.08. The Bertz CT molecular complexity index is 405. The van der Waals surface area contributed by atoms with E-state index in [1.807, 2.05) is 18.2 Å². The highest BCUT2D eigenvalue weighted by atomic mass is 35.5. The normalized spacial score (nSPS) is 19.1. The number of rotatable bonds is 6. The molecule has 1 aromatic rings. The lowest BCUT2D eigenvalue weighted by Gasteiger charge is -2.25. The highest BCUT2D eigenvalue weighted by Crippen LogP contribution is 2.24. The van der Waals surface area contributed by atoms with Gasteiger partial charge in [-0.25, -0.2) is 0 Å². The molecule has 106 valence electrons. The van der Waals surface area contributed by atoms with Crippen molar-refractivity contribution in [3.8, 4) is 5.75 Å². The van der Waals surface area contributed by atoms with Gasteiger partial charge in [0.2, 0.25) is 0 Å². The molecule has 1 atom stereocenters. The molecule has 1 aliphatic rings. The number of hydrogen-bond donors (Lipinski definition) is 1. The summed E-state index contributed by atoms with van der Waals surface area (Å²) in [5.41, 5.74) is 1.16. The number of halogens is 1. The van der Waals surface area contributed by atoms with Gasteiger partial charge in [-0.1, -0.05) is 18.5 Å². The fourth-order valence-electron chi connectivity index (χ4n) is 2.64. The van der Waals surface area contributed by atoms with Gasteiger partial charge in [0.25, 0.3) is 0 Å². The molecule has 1 fully saturated rings. The summed E-state index contributed by atoms with van der Waals surface area (Å²) in [6.45, 7) is 6.37. The Balaban J connectivity index is 2.02. The summed E-state index contributed by atoms with van der Waals surface area (Å²) < 4.78 is 5.41. The molecule has 1 aliphatic heterocycles. The first kappa shape index (κ1) is 14.6. The number of benzene rings is 1. The van der Waals surface area contributed by atoms with E-state index in [0.29, 0.717) is 6.04 Å². The Morgan fingerprint density at radius 3 is 2.95 bits per heavy atom. The molecule has 0 spiro atoms. The Labute approximate surface area is 120 Å². The third-order valence-corrected chi connectivity index (χ3v) is 3.96. The van der Waals surface area contributed by atoms with Crippen molar-refractivity contribution in [2.45, 2.75) is 32.4 Å². The third-order valence-electron chi connectivity index (χ3n) is 3.72. The van der Waals surface area contributed by atoms with Crippen LogP contribution in [0.25, 0.3) is 0 Å². The first-order valence-corrected chi connectivity index (χ1v) is 7.39. The monoisotopic (exact) mass is 282 g/mol. The van der Waals surface area contributed by atoms with E-state index in [4.69, 9.17) is 16.3 Å². The van der Waals surface area contributed by atoms with Crippen LogP contribution in [0.1, 0.15) is 25.3 Å². The fourth-order valence-corrected chi connectivity index (χ4v) is 2.84. The lowest BCUT2D eigenvalue weighted by Crippen LogP contribution is -2.37. The first-order valence-electron chi connectivity index (χ1n) is 7.01. The van der Waals surface area contributed by atoms with Crippen LogP contribution in [0.2, 0.25) is 5.02 Å². The molecule has 0 aromatic heterocycles. The number of nitrogens with one attached hydrogen (secondary N) is 1. The second kappa shape index (κ2) is 7.13. The van der Waals surface area contributed by atoms with Crippen LogP contribution in [-0.2, 0) is 6.54 Å². The van der Waals surface area contributed by atoms with E-state index in [1.165, 1.54) is 12.8 Å². The second-order valence-corrected chi connectivity index (χ2v) is 5.51. The summed E-state index contributed by atoms with van der Waals surface area (Å²) in [7, 11) is 1.71. The molecule has 1 unspecified atom stereocenters. The molecular weight excluding hydrogens is 260 g/mol. The van der Waals surface area contributed by atoms with E-state index < -0.39 is 0 Å². The minimum Gasteiger partial charge on any atom is -0.496 e. The molecule has 0 bridgehead atoms. The molecule has 0 radical (unpaired) electrons. The minimum absolute atomic E-state index is 0.630. The van der Waals surface area contributed by atoms with Gasteiger partial charge >= 0.3 is 0 Å². The third kappa shape index (κ3) is 4.10. The van der Waals surface area contributed by atoms with Crippen LogP contribution < -0.4 is 10.1 Å². The lowest BCUT2D eigenvalue weighted by atomic mass is 10.1. The second-order valence-electron chi connectivity index (χ2n) is 5.08. The summed E-state index contributed by atoms with van der Waals surface area (Å²) in [6, 6.07) is 6.45. The van der Waals surface area contributed by atoms with Gasteiger partial charge in [0.05, 0.1) is 7.11 Å². The average Bonchev–Trinajstić information content (AvgIpc) is 2.91. The molecular formula is C15H23ClN2O. The average molecular weight is 283 g/mol. The molecule has 0 aliphatic carbocycles. The zero-order chi connectivity index (χ0) is 13.7. The van der Waals surface area contributed by atoms with Gasteiger partial charge in [0.15, 0.2) is 0 Å². The van der Waals surface area contributed by atoms with Crippen molar-refractivity contribution in [2.75, 3.05) is 26.7 Å². The molecule has 3 nitrogen and oxygen atoms in total. The van der Waals surface area contributed by atoms with Crippen molar-refractivity contribution in [2.24, 2.45) is 0 Å². The van der Waals surface area contributed by atoms with Crippen LogP contribution in [0.15, 0.2) is 18.2 Å². The summed E-state index contributed by atoms with van der Waals surface area (Å²) in [4.78, 5) is 2.44. The Morgan fingerprint density at radius 1 is 1.47 bits per heavy atom. The van der Waals surface area contributed by atoms with E-state index in [2.05, 4.69) is 17.1 Å². The van der Waals surface area contributed by atoms with Crippen LogP contribution in [-0.4, -0.2) is 37.7 Å². The smallest absolute Gasteiger partial charge is 0.123 e. The summed E-state index contributed by atoms with van der Waals surface area (Å²) in [5, 5.41) is 4.32. The first-order chi connectivity index (χ1) is 9.22. The van der Waals surface area contributed by atoms with Crippen LogP contribution in [0.3, 0.4) is 0 Å². The van der Waals surface area contributed by atoms with Crippen LogP contribution >= 0.6 is 11.6 Å². The highest BCUT2D eigenvalue weighted by molar-refractivity contribution is 6.30. The van der Waals surface area contributed by atoms with Gasteiger partial charge in [-0.3, -0.25) is 4.90 Å². The number of methoxy groups -OCH3 is 1. The maximum Gasteiger partial charge on any atom is 0.123 e. The summed E-state index contributed by atoms with van der Waals surface area (Å²) >= 11 is 6.08. The van der Waals surface area contributed by atoms with E-state index >= 15 is 0 Å². The molecule has 0 saturated carbocycles. The molecule has 0 amide bonds. The van der Waals surface area contributed by atoms with Crippen molar-refractivity contribution in [3.63, 3.8) is 0 Å². The molecule has 1 heterocycles. The number of hydrogen-bond acceptors (Lipinski definition) is 3. The van der Waals surface area contributed by atoms with Crippen molar-refractivity contribution in [3.05, 3.63) is 28.8 Å². The zero-order valence-electron chi connectivity index (χ0n) is 11.8. The van der Waals surface area contributed by atoms with E-state index in [-0.39, 0.29) is 0 Å². The van der Waals surface area contributed by atoms with Crippen LogP contribution in [0.4, 0.5) is 0 Å². The fraction of sp³-hybridized carbons (Fsp3) is 0.600. The van der Waals surface area contributed by atoms with Crippen molar-refractivity contribution in [1.82, 2.24) is 10.2 Å². The predicted molar refractivity (Wildman–Crippen MR) is 80.0 cm³/mol. The SMILES string of the molecule is CCN(Cc1cc(Cl)ccc1OC)CC1CCCN1. The van der Waals surface area contributed by atoms with E-state index in [0.717, 1.165) is 42.5 Å². The summed E-state index contributed by atoms with van der Waals surface area (Å²) in [5.74, 6) is 0.919. The zero-order valence-corrected chi connectivity index (χ0v) is 12.5. The standard InChI is InChI=1S/C15H23ClN2O/c1-3-18(11-14-5-4-8-17-14)10-12-9-13(16)6-7-15(12)19-2/h6-7,9,14,17H,3-5,8,10-11H2,1-2H3. The molecule has 1 aromatic carbocycles. The maximum absolute atomic E-state index is 6.08. The van der Waals surface area contributed by atoms with Gasteiger partial charge in [0, 0.05) is 29.7 Å². The Kier molecular flexibility index (Phi) is 5.49. The molecule has 1 N–H and O–H groups in total. The number of likely N-dealkylation sites (N-methyl/N-ethyl adjacent to an activating group) is 1. The van der Waals surface area contributed by atoms with Gasteiger partial charge in [0.1, 0.15) is 5.75 Å². The van der Waals surface area contributed by atoms with Gasteiger partial charge in [-0.2, -0.15) is 0 Å². The van der Waals surface area contributed by atoms with Crippen LogP contribution in [0.5, 0.6) is 5.75 Å². The van der Waals surface area contributed by atoms with Gasteiger partial charge in [-0.05, 0) is 44.1 Å². The molecule has 19 heavy (non-hydrogen) atoms. The minimum atomic E-state index is 0.630. The van der Waals surface area contributed by atoms with Crippen molar-refractivity contribution < 1.29 is 4.74 Å². The van der Waals surface area contributed by atoms with E-state index in [1.54, 1.807) is 7.11 Å².